The molecule has 1 saturated heterocycles. The fourth-order valence-electron chi connectivity index (χ4n) is 3.91. The summed E-state index contributed by atoms with van der Waals surface area (Å²) in [5.74, 6) is 1.85. The molecule has 6 nitrogen and oxygen atoms in total. The van der Waals surface area contributed by atoms with Crippen LogP contribution in [0, 0.1) is 0 Å². The first-order valence-electron chi connectivity index (χ1n) is 10.1. The zero-order valence-corrected chi connectivity index (χ0v) is 17.5. The van der Waals surface area contributed by atoms with Crippen LogP contribution in [-0.2, 0) is 0 Å². The number of benzene rings is 1. The van der Waals surface area contributed by atoms with Crippen LogP contribution in [-0.4, -0.2) is 74.2 Å². The summed E-state index contributed by atoms with van der Waals surface area (Å²) >= 11 is 0. The Morgan fingerprint density at radius 2 is 2.04 bits per heavy atom. The maximum Gasteiger partial charge on any atom is 0.191 e. The van der Waals surface area contributed by atoms with Crippen LogP contribution < -0.4 is 15.4 Å². The summed E-state index contributed by atoms with van der Waals surface area (Å²) in [4.78, 5) is 9.73. The minimum atomic E-state index is -0.199. The lowest BCUT2D eigenvalue weighted by Crippen LogP contribution is -2.52. The Balaban J connectivity index is 1.74. The number of likely N-dealkylation sites (N-methyl/N-ethyl adjacent to an activating group) is 2. The number of fused-ring (bicyclic) bond motifs is 1. The van der Waals surface area contributed by atoms with Crippen molar-refractivity contribution in [1.82, 2.24) is 20.4 Å². The summed E-state index contributed by atoms with van der Waals surface area (Å²) in [6, 6.07) is 8.96. The first kappa shape index (κ1) is 20.0. The Morgan fingerprint density at radius 3 is 2.81 bits per heavy atom. The van der Waals surface area contributed by atoms with Gasteiger partial charge in [0, 0.05) is 44.2 Å². The summed E-state index contributed by atoms with van der Waals surface area (Å²) in [5, 5.41) is 7.08. The molecule has 0 spiro atoms. The number of nitrogens with zero attached hydrogens (tertiary/aromatic N) is 3. The number of guanidine groups is 1. The Bertz CT molecular complexity index is 660. The molecule has 0 radical (unpaired) electrons. The van der Waals surface area contributed by atoms with Crippen LogP contribution in [0.5, 0.6) is 5.75 Å². The molecule has 0 bridgehead atoms. The fourth-order valence-corrected chi connectivity index (χ4v) is 3.91. The molecule has 2 aliphatic rings. The van der Waals surface area contributed by atoms with E-state index in [9.17, 15) is 0 Å². The summed E-state index contributed by atoms with van der Waals surface area (Å²) in [6.07, 6.45) is 0.903. The van der Waals surface area contributed by atoms with Crippen molar-refractivity contribution in [2.45, 2.75) is 44.9 Å². The van der Waals surface area contributed by atoms with Gasteiger partial charge in [-0.1, -0.05) is 18.2 Å². The molecule has 1 fully saturated rings. The minimum absolute atomic E-state index is 0.189. The van der Waals surface area contributed by atoms with Crippen molar-refractivity contribution >= 4 is 5.96 Å². The van der Waals surface area contributed by atoms with Crippen molar-refractivity contribution in [2.24, 2.45) is 4.99 Å². The minimum Gasteiger partial charge on any atom is -0.487 e. The Kier molecular flexibility index (Phi) is 6.27. The average molecular weight is 374 g/mol. The third kappa shape index (κ3) is 5.14. The van der Waals surface area contributed by atoms with Crippen LogP contribution in [0.15, 0.2) is 29.3 Å². The SMILES string of the molecule is CCNC(=NCC1CN(C)CCN1C)NC1CC(C)(C)Oc2ccccc21. The van der Waals surface area contributed by atoms with E-state index in [4.69, 9.17) is 9.73 Å². The van der Waals surface area contributed by atoms with Gasteiger partial charge in [-0.3, -0.25) is 9.89 Å². The number of rotatable bonds is 4. The van der Waals surface area contributed by atoms with E-state index in [0.29, 0.717) is 6.04 Å². The zero-order chi connectivity index (χ0) is 19.4. The molecule has 2 atom stereocenters. The van der Waals surface area contributed by atoms with Crippen molar-refractivity contribution in [3.8, 4) is 5.75 Å². The zero-order valence-electron chi connectivity index (χ0n) is 17.5. The number of hydrogen-bond acceptors (Lipinski definition) is 4. The van der Waals surface area contributed by atoms with Gasteiger partial charge >= 0.3 is 0 Å². The molecule has 3 rings (SSSR count). The maximum atomic E-state index is 6.16. The average Bonchev–Trinajstić information content (AvgIpc) is 2.61. The number of nitrogens with one attached hydrogen (secondary N) is 2. The first-order valence-corrected chi connectivity index (χ1v) is 10.1. The van der Waals surface area contributed by atoms with E-state index in [2.05, 4.69) is 73.5 Å². The maximum absolute atomic E-state index is 6.16. The van der Waals surface area contributed by atoms with Crippen molar-refractivity contribution in [2.75, 3.05) is 46.8 Å². The van der Waals surface area contributed by atoms with Gasteiger partial charge in [0.05, 0.1) is 12.6 Å². The van der Waals surface area contributed by atoms with Crippen molar-refractivity contribution < 1.29 is 4.74 Å². The van der Waals surface area contributed by atoms with E-state index < -0.39 is 0 Å². The first-order chi connectivity index (χ1) is 12.9. The van der Waals surface area contributed by atoms with Crippen LogP contribution in [0.3, 0.4) is 0 Å². The molecule has 0 aliphatic carbocycles. The summed E-state index contributed by atoms with van der Waals surface area (Å²) < 4.78 is 6.16. The van der Waals surface area contributed by atoms with Gasteiger partial charge in [-0.15, -0.1) is 0 Å². The van der Waals surface area contributed by atoms with E-state index in [-0.39, 0.29) is 11.6 Å². The summed E-state index contributed by atoms with van der Waals surface area (Å²) in [5.41, 5.74) is 1.01. The number of para-hydroxylation sites is 1. The van der Waals surface area contributed by atoms with E-state index in [1.165, 1.54) is 5.56 Å². The Morgan fingerprint density at radius 1 is 1.26 bits per heavy atom. The molecule has 0 amide bonds. The van der Waals surface area contributed by atoms with Gasteiger partial charge in [-0.05, 0) is 40.9 Å². The van der Waals surface area contributed by atoms with Crippen LogP contribution in [0.4, 0.5) is 0 Å². The van der Waals surface area contributed by atoms with Gasteiger partial charge in [-0.25, -0.2) is 0 Å². The van der Waals surface area contributed by atoms with Crippen molar-refractivity contribution in [1.29, 1.82) is 0 Å². The monoisotopic (exact) mass is 373 g/mol. The smallest absolute Gasteiger partial charge is 0.191 e. The Labute approximate surface area is 164 Å². The van der Waals surface area contributed by atoms with Crippen LogP contribution in [0.25, 0.3) is 0 Å². The highest BCUT2D eigenvalue weighted by Crippen LogP contribution is 2.39. The lowest BCUT2D eigenvalue weighted by molar-refractivity contribution is 0.0693. The number of hydrogen-bond donors (Lipinski definition) is 2. The van der Waals surface area contributed by atoms with Crippen LogP contribution in [0.1, 0.15) is 38.8 Å². The van der Waals surface area contributed by atoms with E-state index >= 15 is 0 Å². The normalized spacial score (nSPS) is 26.2. The highest BCUT2D eigenvalue weighted by molar-refractivity contribution is 5.80. The van der Waals surface area contributed by atoms with Gasteiger partial charge in [0.25, 0.3) is 0 Å². The molecular formula is C21H35N5O. The second-order valence-corrected chi connectivity index (χ2v) is 8.42. The van der Waals surface area contributed by atoms with Crippen molar-refractivity contribution in [3.63, 3.8) is 0 Å². The second-order valence-electron chi connectivity index (χ2n) is 8.42. The van der Waals surface area contributed by atoms with E-state index in [1.54, 1.807) is 0 Å². The predicted molar refractivity (Wildman–Crippen MR) is 112 cm³/mol. The quantitative estimate of drug-likeness (QED) is 0.625. The molecule has 6 heteroatoms. The standard InChI is InChI=1S/C21H35N5O/c1-6-22-20(23-14-16-15-25(4)11-12-26(16)5)24-18-13-21(2,3)27-19-10-8-7-9-17(18)19/h7-10,16,18H,6,11-15H2,1-5H3,(H2,22,23,24). The van der Waals surface area contributed by atoms with Crippen LogP contribution in [0.2, 0.25) is 0 Å². The van der Waals surface area contributed by atoms with Gasteiger partial charge in [0.1, 0.15) is 11.4 Å². The van der Waals surface area contributed by atoms with Gasteiger partial charge in [0.2, 0.25) is 0 Å². The molecule has 0 aromatic heterocycles. The molecule has 2 heterocycles. The van der Waals surface area contributed by atoms with E-state index in [1.807, 2.05) is 6.07 Å². The third-order valence-electron chi connectivity index (χ3n) is 5.47. The van der Waals surface area contributed by atoms with Gasteiger partial charge < -0.3 is 20.3 Å². The second kappa shape index (κ2) is 8.48. The number of aliphatic imine (C=N–C) groups is 1. The molecule has 1 aromatic rings. The lowest BCUT2D eigenvalue weighted by Gasteiger charge is -2.39. The third-order valence-corrected chi connectivity index (χ3v) is 5.47. The van der Waals surface area contributed by atoms with E-state index in [0.717, 1.165) is 50.9 Å². The highest BCUT2D eigenvalue weighted by atomic mass is 16.5. The fraction of sp³-hybridized carbons (Fsp3) is 0.667. The molecule has 27 heavy (non-hydrogen) atoms. The molecule has 150 valence electrons. The molecule has 1 aromatic carbocycles. The topological polar surface area (TPSA) is 52.1 Å². The highest BCUT2D eigenvalue weighted by Gasteiger charge is 2.34. The van der Waals surface area contributed by atoms with Crippen LogP contribution >= 0.6 is 0 Å². The molecule has 2 N–H and O–H groups in total. The Hall–Kier alpha value is -1.79. The van der Waals surface area contributed by atoms with Gasteiger partial charge in [-0.2, -0.15) is 0 Å². The van der Waals surface area contributed by atoms with Crippen molar-refractivity contribution in [3.05, 3.63) is 29.8 Å². The molecule has 2 aliphatic heterocycles. The lowest BCUT2D eigenvalue weighted by atomic mass is 9.90. The largest absolute Gasteiger partial charge is 0.487 e. The van der Waals surface area contributed by atoms with Gasteiger partial charge in [0.15, 0.2) is 5.96 Å². The molecule has 0 saturated carbocycles. The predicted octanol–water partition coefficient (Wildman–Crippen LogP) is 2.09. The molecule has 2 unspecified atom stereocenters. The number of piperazine rings is 1. The summed E-state index contributed by atoms with van der Waals surface area (Å²) in [7, 11) is 4.39. The summed E-state index contributed by atoms with van der Waals surface area (Å²) in [6.45, 7) is 11.3. The number of ether oxygens (including phenoxy) is 1. The molecular weight excluding hydrogens is 338 g/mol.